The molecule has 214 valence electrons. The van der Waals surface area contributed by atoms with Crippen molar-refractivity contribution >= 4 is 11.6 Å². The molecule has 0 N–H and O–H groups in total. The smallest absolute Gasteiger partial charge is 0.146 e. The number of Topliss-reactive ketones (excluding diaryl/α,β-unsaturated/α-hetero) is 2. The molecule has 4 aliphatic carbocycles. The van der Waals surface area contributed by atoms with Crippen molar-refractivity contribution < 1.29 is 9.59 Å². The second-order valence-electron chi connectivity index (χ2n) is 15.6. The summed E-state index contributed by atoms with van der Waals surface area (Å²) in [5.41, 5.74) is 0.686. The SMILES string of the molecule is CC12CCC(C1(C)C)C(CCCc1ccccc1)(C1(CCCc3ccccc3)C(=O)C3(C)CCC1C3(C)C)C2=O. The first-order valence-corrected chi connectivity index (χ1v) is 16.1. The molecule has 4 aliphatic rings. The molecule has 40 heavy (non-hydrogen) atoms. The maximum atomic E-state index is 15.3. The lowest BCUT2D eigenvalue weighted by Gasteiger charge is -2.56. The monoisotopic (exact) mass is 538 g/mol. The van der Waals surface area contributed by atoms with E-state index in [2.05, 4.69) is 102 Å². The van der Waals surface area contributed by atoms with Crippen molar-refractivity contribution in [2.24, 2.45) is 44.3 Å². The largest absolute Gasteiger partial charge is 0.298 e. The molecule has 0 spiro atoms. The fourth-order valence-corrected chi connectivity index (χ4v) is 11.3. The second-order valence-corrected chi connectivity index (χ2v) is 15.6. The van der Waals surface area contributed by atoms with Gasteiger partial charge in [0, 0.05) is 21.7 Å². The average Bonchev–Trinajstić information content (AvgIpc) is 3.42. The Bertz CT molecular complexity index is 1190. The lowest BCUT2D eigenvalue weighted by Crippen LogP contribution is -2.60. The van der Waals surface area contributed by atoms with Gasteiger partial charge in [0.05, 0.1) is 0 Å². The Labute approximate surface area is 242 Å². The Balaban J connectivity index is 1.48. The van der Waals surface area contributed by atoms with Crippen LogP contribution in [-0.4, -0.2) is 11.6 Å². The van der Waals surface area contributed by atoms with Gasteiger partial charge in [0.2, 0.25) is 0 Å². The van der Waals surface area contributed by atoms with Gasteiger partial charge in [-0.3, -0.25) is 9.59 Å². The van der Waals surface area contributed by atoms with Gasteiger partial charge in [0.1, 0.15) is 11.6 Å². The lowest BCUT2D eigenvalue weighted by molar-refractivity contribution is -0.167. The molecule has 2 nitrogen and oxygen atoms in total. The number of hydrogen-bond acceptors (Lipinski definition) is 2. The molecule has 0 aliphatic heterocycles. The molecule has 2 aromatic rings. The van der Waals surface area contributed by atoms with E-state index in [0.29, 0.717) is 11.6 Å². The minimum Gasteiger partial charge on any atom is -0.298 e. The summed E-state index contributed by atoms with van der Waals surface area (Å²) in [6.07, 6.45) is 9.70. The number of benzene rings is 2. The summed E-state index contributed by atoms with van der Waals surface area (Å²) in [7, 11) is 0. The Hall–Kier alpha value is -2.22. The number of carbonyl (C=O) groups excluding carboxylic acids is 2. The van der Waals surface area contributed by atoms with Gasteiger partial charge in [0.15, 0.2) is 0 Å². The molecule has 4 fully saturated rings. The highest BCUT2D eigenvalue weighted by atomic mass is 16.1. The van der Waals surface area contributed by atoms with Gasteiger partial charge >= 0.3 is 0 Å². The van der Waals surface area contributed by atoms with Crippen LogP contribution in [0, 0.1) is 44.3 Å². The number of aryl methyl sites for hydroxylation is 2. The molecule has 0 heterocycles. The maximum Gasteiger partial charge on any atom is 0.146 e. The molecule has 0 aromatic heterocycles. The van der Waals surface area contributed by atoms with Crippen LogP contribution in [0.3, 0.4) is 0 Å². The van der Waals surface area contributed by atoms with Crippen molar-refractivity contribution in [3.05, 3.63) is 71.8 Å². The van der Waals surface area contributed by atoms with E-state index in [1.54, 1.807) is 0 Å². The summed E-state index contributed by atoms with van der Waals surface area (Å²) in [6, 6.07) is 21.5. The fraction of sp³-hybridized carbons (Fsp3) is 0.632. The van der Waals surface area contributed by atoms with Crippen molar-refractivity contribution in [1.82, 2.24) is 0 Å². The Morgan fingerprint density at radius 3 is 1.23 bits per heavy atom. The first-order chi connectivity index (χ1) is 18.9. The van der Waals surface area contributed by atoms with Crippen LogP contribution in [0.15, 0.2) is 60.7 Å². The van der Waals surface area contributed by atoms with Gasteiger partial charge in [-0.1, -0.05) is 102 Å². The molecule has 6 rings (SSSR count). The number of ketones is 2. The van der Waals surface area contributed by atoms with E-state index in [-0.39, 0.29) is 33.5 Å². The van der Waals surface area contributed by atoms with E-state index in [0.717, 1.165) is 64.2 Å². The summed E-state index contributed by atoms with van der Waals surface area (Å²) in [5, 5.41) is 0. The molecular formula is C38H50O2. The minimum absolute atomic E-state index is 0.0869. The van der Waals surface area contributed by atoms with Crippen molar-refractivity contribution in [3.8, 4) is 0 Å². The summed E-state index contributed by atoms with van der Waals surface area (Å²) in [6.45, 7) is 14.0. The van der Waals surface area contributed by atoms with Crippen LogP contribution in [-0.2, 0) is 22.4 Å². The van der Waals surface area contributed by atoms with Crippen LogP contribution in [0.5, 0.6) is 0 Å². The Kier molecular flexibility index (Phi) is 6.38. The van der Waals surface area contributed by atoms with Gasteiger partial charge in [0.25, 0.3) is 0 Å². The second kappa shape index (κ2) is 9.14. The highest BCUT2D eigenvalue weighted by molar-refractivity contribution is 6.05. The molecule has 2 aromatic carbocycles. The van der Waals surface area contributed by atoms with Crippen molar-refractivity contribution in [2.75, 3.05) is 0 Å². The van der Waals surface area contributed by atoms with E-state index >= 15 is 9.59 Å². The predicted molar refractivity (Wildman–Crippen MR) is 163 cm³/mol. The molecule has 6 atom stereocenters. The molecule has 0 amide bonds. The Morgan fingerprint density at radius 1 is 0.575 bits per heavy atom. The standard InChI is InChI=1S/C38H50O2/c1-33(2)29-21-25-35(33,5)31(39)37(29,23-13-19-27-15-9-7-10-16-27)38(24-14-20-28-17-11-8-12-18-28)30-22-26-36(6,32(38)40)34(30,3)4/h7-12,15-18,29-30H,13-14,19-26H2,1-6H3. The minimum atomic E-state index is -0.563. The van der Waals surface area contributed by atoms with Crippen molar-refractivity contribution in [2.45, 2.75) is 106 Å². The molecule has 6 unspecified atom stereocenters. The quantitative estimate of drug-likeness (QED) is 0.319. The van der Waals surface area contributed by atoms with E-state index in [1.807, 2.05) is 0 Å². The average molecular weight is 539 g/mol. The third kappa shape index (κ3) is 3.29. The van der Waals surface area contributed by atoms with Gasteiger partial charge < -0.3 is 0 Å². The maximum absolute atomic E-state index is 15.3. The zero-order valence-electron chi connectivity index (χ0n) is 25.8. The van der Waals surface area contributed by atoms with Crippen LogP contribution in [0.4, 0.5) is 0 Å². The normalized spacial score (nSPS) is 38.9. The van der Waals surface area contributed by atoms with Crippen LogP contribution in [0.2, 0.25) is 0 Å². The van der Waals surface area contributed by atoms with Gasteiger partial charge in [-0.05, 0) is 98.0 Å². The number of rotatable bonds is 9. The molecule has 2 heteroatoms. The topological polar surface area (TPSA) is 34.1 Å². The van der Waals surface area contributed by atoms with Gasteiger partial charge in [-0.15, -0.1) is 0 Å². The van der Waals surface area contributed by atoms with Gasteiger partial charge in [-0.2, -0.15) is 0 Å². The fourth-order valence-electron chi connectivity index (χ4n) is 11.3. The van der Waals surface area contributed by atoms with E-state index in [9.17, 15) is 0 Å². The lowest BCUT2D eigenvalue weighted by atomic mass is 9.45. The summed E-state index contributed by atoms with van der Waals surface area (Å²) < 4.78 is 0. The van der Waals surface area contributed by atoms with Crippen LogP contribution >= 0.6 is 0 Å². The summed E-state index contributed by atoms with van der Waals surface area (Å²) >= 11 is 0. The van der Waals surface area contributed by atoms with Crippen molar-refractivity contribution in [1.29, 1.82) is 0 Å². The molecule has 4 bridgehead atoms. The zero-order valence-corrected chi connectivity index (χ0v) is 25.8. The third-order valence-electron chi connectivity index (χ3n) is 14.0. The van der Waals surface area contributed by atoms with E-state index < -0.39 is 10.8 Å². The summed E-state index contributed by atoms with van der Waals surface area (Å²) in [4.78, 5) is 30.6. The molecule has 0 radical (unpaired) electrons. The van der Waals surface area contributed by atoms with Crippen molar-refractivity contribution in [3.63, 3.8) is 0 Å². The zero-order chi connectivity index (χ0) is 28.6. The molecule has 0 saturated heterocycles. The first-order valence-electron chi connectivity index (χ1n) is 16.1. The third-order valence-corrected chi connectivity index (χ3v) is 14.0. The molecular weight excluding hydrogens is 488 g/mol. The number of fused-ring (bicyclic) bond motifs is 4. The van der Waals surface area contributed by atoms with Crippen LogP contribution in [0.25, 0.3) is 0 Å². The number of hydrogen-bond donors (Lipinski definition) is 0. The summed E-state index contributed by atoms with van der Waals surface area (Å²) in [5.74, 6) is 1.45. The Morgan fingerprint density at radius 2 is 0.925 bits per heavy atom. The highest BCUT2D eigenvalue weighted by Crippen LogP contribution is 2.83. The van der Waals surface area contributed by atoms with Crippen LogP contribution in [0.1, 0.15) is 104 Å². The predicted octanol–water partition coefficient (Wildman–Crippen LogP) is 9.06. The van der Waals surface area contributed by atoms with Gasteiger partial charge in [-0.25, -0.2) is 0 Å². The molecule has 4 saturated carbocycles. The van der Waals surface area contributed by atoms with E-state index in [4.69, 9.17) is 0 Å². The number of carbonyl (C=O) groups is 2. The van der Waals surface area contributed by atoms with E-state index in [1.165, 1.54) is 11.1 Å². The first kappa shape index (κ1) is 27.9. The highest BCUT2D eigenvalue weighted by Gasteiger charge is 2.85. The van der Waals surface area contributed by atoms with Crippen LogP contribution < -0.4 is 0 Å².